The molecule has 1 aliphatic heterocycles. The number of methoxy groups -OCH3 is 1. The van der Waals surface area contributed by atoms with E-state index >= 15 is 0 Å². The van der Waals surface area contributed by atoms with E-state index in [2.05, 4.69) is 26.0 Å². The maximum absolute atomic E-state index is 14.0. The van der Waals surface area contributed by atoms with Gasteiger partial charge in [-0.15, -0.1) is 0 Å². The smallest absolute Gasteiger partial charge is 0.341 e. The van der Waals surface area contributed by atoms with E-state index in [0.29, 0.717) is 24.3 Å². The third-order valence-corrected chi connectivity index (χ3v) is 8.67. The number of sulfonamides is 1. The molecule has 3 aromatic rings. The summed E-state index contributed by atoms with van der Waals surface area (Å²) in [6.07, 6.45) is 0.679. The van der Waals surface area contributed by atoms with Gasteiger partial charge >= 0.3 is 5.97 Å². The van der Waals surface area contributed by atoms with Gasteiger partial charge in [0, 0.05) is 12.5 Å². The van der Waals surface area contributed by atoms with Crippen molar-refractivity contribution >= 4 is 21.7 Å². The quantitative estimate of drug-likeness (QED) is 0.390. The van der Waals surface area contributed by atoms with Gasteiger partial charge in [0.15, 0.2) is 6.61 Å². The first kappa shape index (κ1) is 26.5. The molecule has 3 aromatic carbocycles. The molecule has 0 saturated carbocycles. The summed E-state index contributed by atoms with van der Waals surface area (Å²) in [4.78, 5) is 11.0. The summed E-state index contributed by atoms with van der Waals surface area (Å²) in [6, 6.07) is 16.6. The summed E-state index contributed by atoms with van der Waals surface area (Å²) < 4.78 is 40.2. The van der Waals surface area contributed by atoms with E-state index in [1.807, 2.05) is 31.2 Å². The van der Waals surface area contributed by atoms with Crippen LogP contribution in [0.1, 0.15) is 43.4 Å². The lowest BCUT2D eigenvalue weighted by Crippen LogP contribution is -2.31. The van der Waals surface area contributed by atoms with Gasteiger partial charge in [-0.3, -0.25) is 4.31 Å². The number of rotatable bonds is 9. The second kappa shape index (κ2) is 10.5. The molecule has 0 spiro atoms. The van der Waals surface area contributed by atoms with Crippen molar-refractivity contribution in [2.75, 3.05) is 24.6 Å². The van der Waals surface area contributed by atoms with Crippen LogP contribution < -0.4 is 13.8 Å². The van der Waals surface area contributed by atoms with Gasteiger partial charge in [0.05, 0.1) is 17.7 Å². The molecule has 1 N–H and O–H groups in total. The van der Waals surface area contributed by atoms with Gasteiger partial charge in [-0.05, 0) is 89.5 Å². The summed E-state index contributed by atoms with van der Waals surface area (Å²) in [6.45, 7) is 7.86. The number of benzene rings is 3. The Labute approximate surface area is 218 Å². The summed E-state index contributed by atoms with van der Waals surface area (Å²) in [5.74, 6) is 0.301. The molecule has 0 bridgehead atoms. The van der Waals surface area contributed by atoms with Gasteiger partial charge in [0.25, 0.3) is 10.0 Å². The highest BCUT2D eigenvalue weighted by Crippen LogP contribution is 2.47. The molecule has 0 saturated heterocycles. The Kier molecular flexibility index (Phi) is 7.50. The number of hydrogen-bond donors (Lipinski definition) is 1. The molecule has 8 heteroatoms. The first-order valence-electron chi connectivity index (χ1n) is 12.4. The lowest BCUT2D eigenvalue weighted by molar-refractivity contribution is -0.139. The standard InChI is InChI=1S/C29H33NO6S/c1-6-20-13-22(21-8-7-9-23(14-21)35-5)15-25-26(18(2)3)16-30(29(20)25)37(33,34)24-10-11-27(19(4)12-24)36-17-28(31)32/h7-15,18,26H,6,16-17H2,1-5H3,(H,31,32). The van der Waals surface area contributed by atoms with E-state index < -0.39 is 22.6 Å². The Morgan fingerprint density at radius 1 is 1.11 bits per heavy atom. The molecular formula is C29H33NO6S. The molecule has 1 aliphatic rings. The molecule has 0 amide bonds. The number of carboxylic acids is 1. The van der Waals surface area contributed by atoms with Crippen molar-refractivity contribution in [3.63, 3.8) is 0 Å². The summed E-state index contributed by atoms with van der Waals surface area (Å²) in [5.41, 5.74) is 5.39. The first-order chi connectivity index (χ1) is 17.6. The second-order valence-corrected chi connectivity index (χ2v) is 11.5. The van der Waals surface area contributed by atoms with Crippen molar-refractivity contribution in [1.29, 1.82) is 0 Å². The third kappa shape index (κ3) is 5.16. The zero-order valence-corrected chi connectivity index (χ0v) is 22.6. The average Bonchev–Trinajstić information content (AvgIpc) is 3.28. The first-order valence-corrected chi connectivity index (χ1v) is 13.8. The van der Waals surface area contributed by atoms with Crippen LogP contribution >= 0.6 is 0 Å². The SMILES string of the molecule is CCc1cc(-c2cccc(OC)c2)cc2c1N(S(=O)(=O)c1ccc(OCC(=O)O)c(C)c1)CC2C(C)C. The van der Waals surface area contributed by atoms with Gasteiger partial charge in [-0.25, -0.2) is 13.2 Å². The van der Waals surface area contributed by atoms with Gasteiger partial charge in [-0.1, -0.05) is 32.9 Å². The van der Waals surface area contributed by atoms with Crippen molar-refractivity contribution in [2.45, 2.75) is 44.9 Å². The zero-order chi connectivity index (χ0) is 26.9. The number of hydrogen-bond acceptors (Lipinski definition) is 5. The summed E-state index contributed by atoms with van der Waals surface area (Å²) in [7, 11) is -2.23. The van der Waals surface area contributed by atoms with E-state index in [1.165, 1.54) is 12.1 Å². The molecule has 1 heterocycles. The molecule has 1 atom stereocenters. The van der Waals surface area contributed by atoms with Crippen molar-refractivity contribution < 1.29 is 27.8 Å². The molecule has 196 valence electrons. The molecule has 0 radical (unpaired) electrons. The molecular weight excluding hydrogens is 490 g/mol. The topological polar surface area (TPSA) is 93.1 Å². The normalized spacial score (nSPS) is 15.1. The highest BCUT2D eigenvalue weighted by molar-refractivity contribution is 7.92. The van der Waals surface area contributed by atoms with Gasteiger partial charge in [0.2, 0.25) is 0 Å². The Morgan fingerprint density at radius 3 is 2.49 bits per heavy atom. The van der Waals surface area contributed by atoms with Gasteiger partial charge in [0.1, 0.15) is 11.5 Å². The number of carboxylic acid groups (broad SMARTS) is 1. The fourth-order valence-electron chi connectivity index (χ4n) is 4.91. The number of nitrogens with zero attached hydrogens (tertiary/aromatic N) is 1. The van der Waals surface area contributed by atoms with E-state index in [4.69, 9.17) is 14.6 Å². The lowest BCUT2D eigenvalue weighted by Gasteiger charge is -2.23. The average molecular weight is 524 g/mol. The minimum Gasteiger partial charge on any atom is -0.497 e. The number of aryl methyl sites for hydroxylation is 2. The van der Waals surface area contributed by atoms with Gasteiger partial charge < -0.3 is 14.6 Å². The third-order valence-electron chi connectivity index (χ3n) is 6.90. The molecule has 0 aromatic heterocycles. The van der Waals surface area contributed by atoms with E-state index in [9.17, 15) is 13.2 Å². The number of fused-ring (bicyclic) bond motifs is 1. The van der Waals surface area contributed by atoms with Crippen molar-refractivity contribution in [1.82, 2.24) is 0 Å². The van der Waals surface area contributed by atoms with Crippen LogP contribution in [0.2, 0.25) is 0 Å². The fourth-order valence-corrected chi connectivity index (χ4v) is 6.55. The predicted molar refractivity (Wildman–Crippen MR) is 144 cm³/mol. The Bertz CT molecular complexity index is 1430. The summed E-state index contributed by atoms with van der Waals surface area (Å²) >= 11 is 0. The monoisotopic (exact) mass is 523 g/mol. The number of carbonyl (C=O) groups is 1. The van der Waals surface area contributed by atoms with Crippen molar-refractivity contribution in [3.8, 4) is 22.6 Å². The second-order valence-electron chi connectivity index (χ2n) is 9.66. The van der Waals surface area contributed by atoms with Crippen LogP contribution in [0.25, 0.3) is 11.1 Å². The van der Waals surface area contributed by atoms with Crippen LogP contribution in [0.4, 0.5) is 5.69 Å². The van der Waals surface area contributed by atoms with E-state index in [1.54, 1.807) is 24.4 Å². The highest BCUT2D eigenvalue weighted by Gasteiger charge is 2.39. The molecule has 1 unspecified atom stereocenters. The Hall–Kier alpha value is -3.52. The fraction of sp³-hybridized carbons (Fsp3) is 0.345. The van der Waals surface area contributed by atoms with Crippen LogP contribution in [0.5, 0.6) is 11.5 Å². The molecule has 7 nitrogen and oxygen atoms in total. The van der Waals surface area contributed by atoms with Gasteiger partial charge in [-0.2, -0.15) is 0 Å². The maximum atomic E-state index is 14.0. The summed E-state index contributed by atoms with van der Waals surface area (Å²) in [5, 5.41) is 8.89. The van der Waals surface area contributed by atoms with Crippen molar-refractivity contribution in [2.24, 2.45) is 5.92 Å². The Morgan fingerprint density at radius 2 is 1.86 bits per heavy atom. The largest absolute Gasteiger partial charge is 0.497 e. The number of aliphatic carboxylic acids is 1. The highest BCUT2D eigenvalue weighted by atomic mass is 32.2. The van der Waals surface area contributed by atoms with Crippen LogP contribution in [0.3, 0.4) is 0 Å². The molecule has 37 heavy (non-hydrogen) atoms. The van der Waals surface area contributed by atoms with Crippen LogP contribution in [-0.2, 0) is 21.2 Å². The van der Waals surface area contributed by atoms with Crippen molar-refractivity contribution in [3.05, 3.63) is 71.3 Å². The van der Waals surface area contributed by atoms with Crippen LogP contribution in [0.15, 0.2) is 59.5 Å². The van der Waals surface area contributed by atoms with E-state index in [0.717, 1.165) is 33.7 Å². The lowest BCUT2D eigenvalue weighted by atomic mass is 9.87. The minimum absolute atomic E-state index is 0.0416. The Balaban J connectivity index is 1.80. The molecule has 0 fully saturated rings. The molecule has 4 rings (SSSR count). The minimum atomic E-state index is -3.87. The zero-order valence-electron chi connectivity index (χ0n) is 21.8. The predicted octanol–water partition coefficient (Wildman–Crippen LogP) is 5.64. The van der Waals surface area contributed by atoms with Crippen LogP contribution in [-0.4, -0.2) is 39.8 Å². The number of anilines is 1. The molecule has 0 aliphatic carbocycles. The van der Waals surface area contributed by atoms with E-state index in [-0.39, 0.29) is 16.7 Å². The maximum Gasteiger partial charge on any atom is 0.341 e. The van der Waals surface area contributed by atoms with Crippen LogP contribution in [0, 0.1) is 12.8 Å². The number of ether oxygens (including phenoxy) is 2.